The molecule has 1 aliphatic rings. The van der Waals surface area contributed by atoms with Crippen molar-refractivity contribution in [3.05, 3.63) is 35.9 Å². The van der Waals surface area contributed by atoms with E-state index < -0.39 is 0 Å². The van der Waals surface area contributed by atoms with Gasteiger partial charge in [-0.05, 0) is 24.9 Å². The van der Waals surface area contributed by atoms with Gasteiger partial charge in [0.05, 0.1) is 13.7 Å². The highest BCUT2D eigenvalue weighted by molar-refractivity contribution is 5.78. The summed E-state index contributed by atoms with van der Waals surface area (Å²) in [5.41, 5.74) is 0.951. The zero-order valence-electron chi connectivity index (χ0n) is 11.6. The Bertz CT molecular complexity index is 460. The number of esters is 2. The first-order valence-corrected chi connectivity index (χ1v) is 6.72. The summed E-state index contributed by atoms with van der Waals surface area (Å²) >= 11 is 0. The highest BCUT2D eigenvalue weighted by atomic mass is 16.5. The van der Waals surface area contributed by atoms with Crippen LogP contribution in [0.2, 0.25) is 0 Å². The van der Waals surface area contributed by atoms with Gasteiger partial charge in [-0.1, -0.05) is 30.3 Å². The van der Waals surface area contributed by atoms with Crippen LogP contribution in [-0.4, -0.2) is 43.1 Å². The molecule has 0 aliphatic carbocycles. The van der Waals surface area contributed by atoms with Gasteiger partial charge in [-0.2, -0.15) is 0 Å². The number of carbonyl (C=O) groups is 2. The summed E-state index contributed by atoms with van der Waals surface area (Å²) < 4.78 is 9.96. The Labute approximate surface area is 118 Å². The van der Waals surface area contributed by atoms with E-state index in [1.165, 1.54) is 7.11 Å². The fourth-order valence-electron chi connectivity index (χ4n) is 2.37. The lowest BCUT2D eigenvalue weighted by Gasteiger charge is -2.21. The summed E-state index contributed by atoms with van der Waals surface area (Å²) in [6.45, 7) is 1.11. The lowest BCUT2D eigenvalue weighted by atomic mass is 10.2. The van der Waals surface area contributed by atoms with Crippen molar-refractivity contribution in [1.29, 1.82) is 0 Å². The minimum atomic E-state index is -0.315. The van der Waals surface area contributed by atoms with E-state index in [1.807, 2.05) is 35.2 Å². The van der Waals surface area contributed by atoms with Crippen LogP contribution in [0.5, 0.6) is 0 Å². The second-order valence-corrected chi connectivity index (χ2v) is 4.80. The zero-order chi connectivity index (χ0) is 14.4. The van der Waals surface area contributed by atoms with Crippen LogP contribution in [0.3, 0.4) is 0 Å². The number of methoxy groups -OCH3 is 1. The number of benzene rings is 1. The van der Waals surface area contributed by atoms with E-state index in [2.05, 4.69) is 0 Å². The molecule has 0 spiro atoms. The highest BCUT2D eigenvalue weighted by Crippen LogP contribution is 2.18. The molecular formula is C15H19NO4. The smallest absolute Gasteiger partial charge is 0.323 e. The van der Waals surface area contributed by atoms with Crippen LogP contribution in [0.25, 0.3) is 0 Å². The Kier molecular flexibility index (Phi) is 5.12. The third kappa shape index (κ3) is 3.81. The van der Waals surface area contributed by atoms with Crippen molar-refractivity contribution in [2.75, 3.05) is 20.2 Å². The molecule has 1 atom stereocenters. The van der Waals surface area contributed by atoms with Crippen molar-refractivity contribution in [1.82, 2.24) is 4.90 Å². The minimum Gasteiger partial charge on any atom is -0.468 e. The van der Waals surface area contributed by atoms with Gasteiger partial charge in [0, 0.05) is 0 Å². The zero-order valence-corrected chi connectivity index (χ0v) is 11.6. The fourth-order valence-corrected chi connectivity index (χ4v) is 2.37. The summed E-state index contributed by atoms with van der Waals surface area (Å²) in [6.07, 6.45) is 1.63. The van der Waals surface area contributed by atoms with Crippen LogP contribution in [0.1, 0.15) is 18.4 Å². The first-order chi connectivity index (χ1) is 9.70. The number of hydrogen-bond donors (Lipinski definition) is 0. The number of carbonyl (C=O) groups excluding carboxylic acids is 2. The van der Waals surface area contributed by atoms with Crippen LogP contribution < -0.4 is 0 Å². The maximum atomic E-state index is 11.8. The van der Waals surface area contributed by atoms with E-state index in [0.29, 0.717) is 0 Å². The lowest BCUT2D eigenvalue weighted by molar-refractivity contribution is -0.150. The first kappa shape index (κ1) is 14.5. The van der Waals surface area contributed by atoms with Gasteiger partial charge in [-0.25, -0.2) is 0 Å². The molecule has 1 unspecified atom stereocenters. The Morgan fingerprint density at radius 3 is 2.75 bits per heavy atom. The normalized spacial score (nSPS) is 18.8. The van der Waals surface area contributed by atoms with Gasteiger partial charge >= 0.3 is 11.9 Å². The molecule has 0 saturated carbocycles. The molecule has 0 N–H and O–H groups in total. The Hall–Kier alpha value is -1.88. The van der Waals surface area contributed by atoms with Gasteiger partial charge in [-0.3, -0.25) is 14.5 Å². The van der Waals surface area contributed by atoms with Crippen molar-refractivity contribution < 1.29 is 19.1 Å². The molecule has 2 rings (SSSR count). The van der Waals surface area contributed by atoms with E-state index in [0.717, 1.165) is 24.9 Å². The van der Waals surface area contributed by atoms with E-state index in [4.69, 9.17) is 9.47 Å². The Morgan fingerprint density at radius 2 is 2.05 bits per heavy atom. The maximum Gasteiger partial charge on any atom is 0.323 e. The molecule has 0 amide bonds. The van der Waals surface area contributed by atoms with Crippen LogP contribution in [0.4, 0.5) is 0 Å². The molecule has 1 saturated heterocycles. The third-order valence-electron chi connectivity index (χ3n) is 3.41. The molecule has 1 heterocycles. The van der Waals surface area contributed by atoms with Crippen LogP contribution >= 0.6 is 0 Å². The van der Waals surface area contributed by atoms with Crippen LogP contribution in [0, 0.1) is 0 Å². The number of rotatable bonds is 5. The monoisotopic (exact) mass is 277 g/mol. The minimum absolute atomic E-state index is 0.132. The van der Waals surface area contributed by atoms with Gasteiger partial charge < -0.3 is 9.47 Å². The van der Waals surface area contributed by atoms with Gasteiger partial charge in [0.1, 0.15) is 12.6 Å². The van der Waals surface area contributed by atoms with Gasteiger partial charge in [0.25, 0.3) is 0 Å². The molecule has 0 radical (unpaired) electrons. The topological polar surface area (TPSA) is 55.8 Å². The average molecular weight is 277 g/mol. The standard InChI is InChI=1S/C15H19NO4/c1-19-15(18)13-8-5-9-16(13)10-14(17)20-11-12-6-3-2-4-7-12/h2-4,6-7,13H,5,8-11H2,1H3. The summed E-state index contributed by atoms with van der Waals surface area (Å²) in [7, 11) is 1.37. The number of ether oxygens (including phenoxy) is 2. The molecule has 1 aromatic rings. The van der Waals surface area contributed by atoms with Gasteiger partial charge in [0.2, 0.25) is 0 Å². The highest BCUT2D eigenvalue weighted by Gasteiger charge is 2.32. The van der Waals surface area contributed by atoms with Gasteiger partial charge in [-0.15, -0.1) is 0 Å². The number of nitrogens with zero attached hydrogens (tertiary/aromatic N) is 1. The van der Waals surface area contributed by atoms with E-state index in [9.17, 15) is 9.59 Å². The molecule has 1 fully saturated rings. The second-order valence-electron chi connectivity index (χ2n) is 4.80. The molecule has 0 aromatic heterocycles. The third-order valence-corrected chi connectivity index (χ3v) is 3.41. The molecule has 5 heteroatoms. The van der Waals surface area contributed by atoms with E-state index in [1.54, 1.807) is 0 Å². The predicted octanol–water partition coefficient (Wildman–Crippen LogP) is 1.37. The summed E-state index contributed by atoms with van der Waals surface area (Å²) in [5.74, 6) is -0.594. The van der Waals surface area contributed by atoms with E-state index in [-0.39, 0.29) is 31.1 Å². The lowest BCUT2D eigenvalue weighted by Crippen LogP contribution is -2.40. The summed E-state index contributed by atoms with van der Waals surface area (Å²) in [4.78, 5) is 25.2. The van der Waals surface area contributed by atoms with Crippen LogP contribution in [0.15, 0.2) is 30.3 Å². The molecule has 108 valence electrons. The van der Waals surface area contributed by atoms with Gasteiger partial charge in [0.15, 0.2) is 0 Å². The predicted molar refractivity (Wildman–Crippen MR) is 72.8 cm³/mol. The largest absolute Gasteiger partial charge is 0.468 e. The van der Waals surface area contributed by atoms with Crippen molar-refractivity contribution in [2.45, 2.75) is 25.5 Å². The Balaban J connectivity index is 1.80. The molecule has 0 bridgehead atoms. The quantitative estimate of drug-likeness (QED) is 0.761. The fraction of sp³-hybridized carbons (Fsp3) is 0.467. The SMILES string of the molecule is COC(=O)C1CCCN1CC(=O)OCc1ccccc1. The molecule has 5 nitrogen and oxygen atoms in total. The maximum absolute atomic E-state index is 11.8. The second kappa shape index (κ2) is 7.05. The number of likely N-dealkylation sites (tertiary alicyclic amines) is 1. The van der Waals surface area contributed by atoms with Crippen LogP contribution in [-0.2, 0) is 25.7 Å². The summed E-state index contributed by atoms with van der Waals surface area (Å²) in [6, 6.07) is 9.20. The molecule has 1 aliphatic heterocycles. The van der Waals surface area contributed by atoms with Crippen molar-refractivity contribution in [3.63, 3.8) is 0 Å². The van der Waals surface area contributed by atoms with E-state index >= 15 is 0 Å². The van der Waals surface area contributed by atoms with Crippen molar-refractivity contribution in [3.8, 4) is 0 Å². The number of hydrogen-bond acceptors (Lipinski definition) is 5. The average Bonchev–Trinajstić information content (AvgIpc) is 2.93. The molecule has 1 aromatic carbocycles. The summed E-state index contributed by atoms with van der Waals surface area (Å²) in [5, 5.41) is 0. The Morgan fingerprint density at radius 1 is 1.30 bits per heavy atom. The molecule has 20 heavy (non-hydrogen) atoms. The first-order valence-electron chi connectivity index (χ1n) is 6.72. The van der Waals surface area contributed by atoms with Crippen molar-refractivity contribution in [2.24, 2.45) is 0 Å². The molecular weight excluding hydrogens is 258 g/mol. The van der Waals surface area contributed by atoms with Crippen molar-refractivity contribution >= 4 is 11.9 Å².